The molecule has 1 aromatic rings. The highest BCUT2D eigenvalue weighted by Gasteiger charge is 2.29. The Labute approximate surface area is 109 Å². The van der Waals surface area contributed by atoms with E-state index in [1.54, 1.807) is 6.07 Å². The van der Waals surface area contributed by atoms with Crippen molar-refractivity contribution in [1.82, 2.24) is 4.90 Å². The number of likely N-dealkylation sites (tertiary alicyclic amines) is 1. The van der Waals surface area contributed by atoms with Crippen molar-refractivity contribution in [1.29, 1.82) is 0 Å². The maximum Gasteiger partial charge on any atom is 0.253 e. The van der Waals surface area contributed by atoms with Gasteiger partial charge in [-0.25, -0.2) is 4.39 Å². The van der Waals surface area contributed by atoms with Crippen molar-refractivity contribution in [2.45, 2.75) is 13.8 Å². The van der Waals surface area contributed by atoms with Gasteiger partial charge >= 0.3 is 0 Å². The van der Waals surface area contributed by atoms with Crippen LogP contribution in [0.3, 0.4) is 0 Å². The molecule has 1 amide bonds. The molecule has 1 aliphatic rings. The Bertz CT molecular complexity index is 439. The average molecular weight is 300 g/mol. The predicted molar refractivity (Wildman–Crippen MR) is 68.3 cm³/mol. The number of hydrogen-bond donors (Lipinski definition) is 0. The molecule has 1 aliphatic heterocycles. The van der Waals surface area contributed by atoms with Crippen LogP contribution in [0.25, 0.3) is 0 Å². The number of halogens is 2. The molecule has 1 saturated heterocycles. The summed E-state index contributed by atoms with van der Waals surface area (Å²) in [5, 5.41) is 0. The summed E-state index contributed by atoms with van der Waals surface area (Å²) >= 11 is 3.10. The van der Waals surface area contributed by atoms with Crippen LogP contribution in [-0.4, -0.2) is 23.9 Å². The van der Waals surface area contributed by atoms with Gasteiger partial charge in [-0.05, 0) is 46.0 Å². The van der Waals surface area contributed by atoms with Gasteiger partial charge in [0.2, 0.25) is 0 Å². The number of amides is 1. The average Bonchev–Trinajstić information content (AvgIpc) is 2.62. The van der Waals surface area contributed by atoms with E-state index in [-0.39, 0.29) is 11.7 Å². The van der Waals surface area contributed by atoms with Crippen molar-refractivity contribution < 1.29 is 9.18 Å². The first-order valence-electron chi connectivity index (χ1n) is 5.73. The summed E-state index contributed by atoms with van der Waals surface area (Å²) in [4.78, 5) is 14.0. The summed E-state index contributed by atoms with van der Waals surface area (Å²) in [6.45, 7) is 5.88. The van der Waals surface area contributed by atoms with E-state index in [0.717, 1.165) is 13.1 Å². The van der Waals surface area contributed by atoms with Crippen LogP contribution in [-0.2, 0) is 0 Å². The summed E-state index contributed by atoms with van der Waals surface area (Å²) < 4.78 is 13.4. The Morgan fingerprint density at radius 1 is 1.35 bits per heavy atom. The second-order valence-corrected chi connectivity index (χ2v) is 5.65. The monoisotopic (exact) mass is 299 g/mol. The summed E-state index contributed by atoms with van der Waals surface area (Å²) in [5.74, 6) is 0.706. The topological polar surface area (TPSA) is 20.3 Å². The van der Waals surface area contributed by atoms with Crippen molar-refractivity contribution >= 4 is 21.8 Å². The maximum absolute atomic E-state index is 13.1. The highest BCUT2D eigenvalue weighted by atomic mass is 79.9. The lowest BCUT2D eigenvalue weighted by Gasteiger charge is -2.16. The third kappa shape index (κ3) is 2.51. The van der Waals surface area contributed by atoms with E-state index in [1.807, 2.05) is 4.90 Å². The van der Waals surface area contributed by atoms with Crippen LogP contribution in [0.15, 0.2) is 22.7 Å². The normalized spacial score (nSPS) is 24.1. The van der Waals surface area contributed by atoms with Gasteiger partial charge in [-0.3, -0.25) is 4.79 Å². The molecule has 0 aliphatic carbocycles. The third-order valence-electron chi connectivity index (χ3n) is 3.44. The van der Waals surface area contributed by atoms with Gasteiger partial charge in [0.1, 0.15) is 5.82 Å². The number of rotatable bonds is 1. The molecule has 0 bridgehead atoms. The molecule has 17 heavy (non-hydrogen) atoms. The predicted octanol–water partition coefficient (Wildman–Crippen LogP) is 3.32. The van der Waals surface area contributed by atoms with Gasteiger partial charge in [-0.1, -0.05) is 13.8 Å². The molecule has 2 nitrogen and oxygen atoms in total. The molecular weight excluding hydrogens is 285 g/mol. The Morgan fingerprint density at radius 2 is 1.94 bits per heavy atom. The molecule has 1 fully saturated rings. The number of carbonyl (C=O) groups excluding carboxylic acids is 1. The van der Waals surface area contributed by atoms with Crippen LogP contribution in [0, 0.1) is 17.7 Å². The zero-order valence-electron chi connectivity index (χ0n) is 9.91. The smallest absolute Gasteiger partial charge is 0.253 e. The Balaban J connectivity index is 2.17. The largest absolute Gasteiger partial charge is 0.338 e. The Kier molecular flexibility index (Phi) is 3.52. The first-order valence-corrected chi connectivity index (χ1v) is 6.52. The quantitative estimate of drug-likeness (QED) is 0.779. The minimum Gasteiger partial charge on any atom is -0.338 e. The van der Waals surface area contributed by atoms with Gasteiger partial charge in [0.05, 0.1) is 4.47 Å². The van der Waals surface area contributed by atoms with Crippen LogP contribution < -0.4 is 0 Å². The van der Waals surface area contributed by atoms with Gasteiger partial charge in [0, 0.05) is 18.7 Å². The second-order valence-electron chi connectivity index (χ2n) is 4.79. The van der Waals surface area contributed by atoms with Gasteiger partial charge in [0.15, 0.2) is 0 Å². The van der Waals surface area contributed by atoms with E-state index in [4.69, 9.17) is 0 Å². The molecule has 4 heteroatoms. The fraction of sp³-hybridized carbons (Fsp3) is 0.462. The van der Waals surface area contributed by atoms with Gasteiger partial charge < -0.3 is 4.90 Å². The van der Waals surface area contributed by atoms with E-state index < -0.39 is 0 Å². The highest BCUT2D eigenvalue weighted by Crippen LogP contribution is 2.25. The first kappa shape index (κ1) is 12.6. The molecule has 2 atom stereocenters. The number of benzene rings is 1. The highest BCUT2D eigenvalue weighted by molar-refractivity contribution is 9.10. The zero-order chi connectivity index (χ0) is 12.6. The van der Waals surface area contributed by atoms with Crippen molar-refractivity contribution in [3.63, 3.8) is 0 Å². The van der Waals surface area contributed by atoms with Crippen molar-refractivity contribution in [2.24, 2.45) is 11.8 Å². The van der Waals surface area contributed by atoms with Crippen molar-refractivity contribution in [3.8, 4) is 0 Å². The van der Waals surface area contributed by atoms with E-state index >= 15 is 0 Å². The molecular formula is C13H15BrFNO. The van der Waals surface area contributed by atoms with Crippen LogP contribution in [0.4, 0.5) is 4.39 Å². The van der Waals surface area contributed by atoms with E-state index in [0.29, 0.717) is 21.9 Å². The van der Waals surface area contributed by atoms with E-state index in [9.17, 15) is 9.18 Å². The van der Waals surface area contributed by atoms with Crippen LogP contribution in [0.1, 0.15) is 24.2 Å². The minimum atomic E-state index is -0.343. The first-order chi connectivity index (χ1) is 7.99. The van der Waals surface area contributed by atoms with Crippen LogP contribution in [0.5, 0.6) is 0 Å². The molecule has 2 unspecified atom stereocenters. The molecule has 0 saturated carbocycles. The standard InChI is InChI=1S/C13H15BrFNO/c1-8-6-16(7-9(8)2)13(17)10-3-4-12(15)11(14)5-10/h3-5,8-9H,6-7H2,1-2H3. The van der Waals surface area contributed by atoms with Crippen molar-refractivity contribution in [3.05, 3.63) is 34.1 Å². The van der Waals surface area contributed by atoms with Gasteiger partial charge in [0.25, 0.3) is 5.91 Å². The van der Waals surface area contributed by atoms with Crippen molar-refractivity contribution in [2.75, 3.05) is 13.1 Å². The molecule has 0 N–H and O–H groups in total. The molecule has 92 valence electrons. The Morgan fingerprint density at radius 3 is 2.47 bits per heavy atom. The SMILES string of the molecule is CC1CN(C(=O)c2ccc(F)c(Br)c2)CC1C. The second kappa shape index (κ2) is 4.77. The lowest BCUT2D eigenvalue weighted by atomic mass is 10.0. The van der Waals surface area contributed by atoms with Gasteiger partial charge in [-0.15, -0.1) is 0 Å². The van der Waals surface area contributed by atoms with Crippen LogP contribution in [0.2, 0.25) is 0 Å². The summed E-state index contributed by atoms with van der Waals surface area (Å²) in [6, 6.07) is 4.40. The molecule has 1 heterocycles. The Hall–Kier alpha value is -0.900. The summed E-state index contributed by atoms with van der Waals surface area (Å²) in [6.07, 6.45) is 0. The number of carbonyl (C=O) groups is 1. The summed E-state index contributed by atoms with van der Waals surface area (Å²) in [5.41, 5.74) is 0.541. The van der Waals surface area contributed by atoms with Crippen LogP contribution >= 0.6 is 15.9 Å². The van der Waals surface area contributed by atoms with E-state index in [1.165, 1.54) is 12.1 Å². The molecule has 2 rings (SSSR count). The minimum absolute atomic E-state index is 0.0121. The zero-order valence-corrected chi connectivity index (χ0v) is 11.5. The number of hydrogen-bond acceptors (Lipinski definition) is 1. The number of nitrogens with zero attached hydrogens (tertiary/aromatic N) is 1. The molecule has 0 aromatic heterocycles. The van der Waals surface area contributed by atoms with E-state index in [2.05, 4.69) is 29.8 Å². The maximum atomic E-state index is 13.1. The summed E-state index contributed by atoms with van der Waals surface area (Å²) in [7, 11) is 0. The lowest BCUT2D eigenvalue weighted by Crippen LogP contribution is -2.28. The fourth-order valence-corrected chi connectivity index (χ4v) is 2.49. The molecule has 0 radical (unpaired) electrons. The third-order valence-corrected chi connectivity index (χ3v) is 4.05. The fourth-order valence-electron chi connectivity index (χ4n) is 2.11. The van der Waals surface area contributed by atoms with Gasteiger partial charge in [-0.2, -0.15) is 0 Å². The molecule has 0 spiro atoms. The molecule has 1 aromatic carbocycles. The lowest BCUT2D eigenvalue weighted by molar-refractivity contribution is 0.0785.